The predicted octanol–water partition coefficient (Wildman–Crippen LogP) is 2.35. The molecule has 1 saturated carbocycles. The molecule has 0 atom stereocenters. The largest absolute Gasteiger partial charge is 0.493 e. The molecule has 0 spiro atoms. The van der Waals surface area contributed by atoms with Crippen molar-refractivity contribution < 1.29 is 9.47 Å². The molecule has 96 valence electrons. The lowest BCUT2D eigenvalue weighted by atomic mass is 10.2. The molecule has 1 aliphatic rings. The molecule has 0 aliphatic heterocycles. The average Bonchev–Trinajstić information content (AvgIpc) is 3.21. The van der Waals surface area contributed by atoms with Gasteiger partial charge in [0.05, 0.1) is 13.7 Å². The van der Waals surface area contributed by atoms with E-state index in [1.807, 2.05) is 12.1 Å². The Kier molecular flexibility index (Phi) is 4.49. The van der Waals surface area contributed by atoms with Crippen LogP contribution in [0.2, 0.25) is 0 Å². The summed E-state index contributed by atoms with van der Waals surface area (Å²) in [5.41, 5.74) is 1.21. The Morgan fingerprint density at radius 3 is 2.89 bits per heavy atom. The number of benzene rings is 1. The summed E-state index contributed by atoms with van der Waals surface area (Å²) in [4.78, 5) is 0. The zero-order valence-electron chi connectivity index (χ0n) is 10.7. The Morgan fingerprint density at radius 2 is 2.22 bits per heavy atom. The molecule has 1 fully saturated rings. The van der Waals surface area contributed by atoms with Crippen LogP contribution >= 0.6 is 0 Å². The number of hydrogen-bond acceptors (Lipinski definition) is 3. The van der Waals surface area contributed by atoms with Gasteiger partial charge in [0, 0.05) is 19.0 Å². The molecular formula is C15H19NO2. The van der Waals surface area contributed by atoms with Crippen LogP contribution in [0.3, 0.4) is 0 Å². The van der Waals surface area contributed by atoms with Crippen LogP contribution in [-0.2, 0) is 6.54 Å². The summed E-state index contributed by atoms with van der Waals surface area (Å²) in [5.74, 6) is 4.08. The highest BCUT2D eigenvalue weighted by atomic mass is 16.5. The lowest BCUT2D eigenvalue weighted by Gasteiger charge is -2.12. The van der Waals surface area contributed by atoms with E-state index in [2.05, 4.69) is 17.3 Å². The summed E-state index contributed by atoms with van der Waals surface area (Å²) in [6.07, 6.45) is 8.40. The van der Waals surface area contributed by atoms with Crippen molar-refractivity contribution in [2.24, 2.45) is 0 Å². The molecule has 0 saturated heterocycles. The van der Waals surface area contributed by atoms with Gasteiger partial charge in [0.25, 0.3) is 0 Å². The predicted molar refractivity (Wildman–Crippen MR) is 71.8 cm³/mol. The Hall–Kier alpha value is -1.66. The molecule has 1 aromatic rings. The monoisotopic (exact) mass is 245 g/mol. The van der Waals surface area contributed by atoms with Gasteiger partial charge in [0.2, 0.25) is 0 Å². The van der Waals surface area contributed by atoms with Gasteiger partial charge in [-0.25, -0.2) is 0 Å². The molecule has 1 aromatic carbocycles. The molecule has 0 amide bonds. The second-order valence-electron chi connectivity index (χ2n) is 4.44. The van der Waals surface area contributed by atoms with Crippen molar-refractivity contribution in [3.8, 4) is 23.8 Å². The van der Waals surface area contributed by atoms with Crippen molar-refractivity contribution in [2.45, 2.75) is 31.8 Å². The average molecular weight is 245 g/mol. The van der Waals surface area contributed by atoms with Crippen LogP contribution < -0.4 is 14.8 Å². The lowest BCUT2D eigenvalue weighted by molar-refractivity contribution is 0.301. The SMILES string of the molecule is C#CCCOc1cc(CNC2CC2)ccc1OC. The molecule has 1 N–H and O–H groups in total. The van der Waals surface area contributed by atoms with E-state index in [1.165, 1.54) is 18.4 Å². The fourth-order valence-electron chi connectivity index (χ4n) is 1.71. The fraction of sp³-hybridized carbons (Fsp3) is 0.467. The van der Waals surface area contributed by atoms with Crippen molar-refractivity contribution in [1.29, 1.82) is 0 Å². The summed E-state index contributed by atoms with van der Waals surface area (Å²) in [5, 5.41) is 3.48. The zero-order chi connectivity index (χ0) is 12.8. The number of ether oxygens (including phenoxy) is 2. The van der Waals surface area contributed by atoms with Crippen LogP contribution in [0, 0.1) is 12.3 Å². The first-order chi connectivity index (χ1) is 8.83. The van der Waals surface area contributed by atoms with E-state index in [0.717, 1.165) is 18.0 Å². The zero-order valence-corrected chi connectivity index (χ0v) is 10.7. The Balaban J connectivity index is 1.98. The minimum atomic E-state index is 0.520. The normalized spacial score (nSPS) is 14.0. The van der Waals surface area contributed by atoms with Crippen LogP contribution in [0.1, 0.15) is 24.8 Å². The second-order valence-corrected chi connectivity index (χ2v) is 4.44. The second kappa shape index (κ2) is 6.32. The third-order valence-corrected chi connectivity index (χ3v) is 2.90. The third kappa shape index (κ3) is 3.68. The maximum absolute atomic E-state index is 5.64. The van der Waals surface area contributed by atoms with Crippen molar-refractivity contribution >= 4 is 0 Å². The quantitative estimate of drug-likeness (QED) is 0.591. The van der Waals surface area contributed by atoms with Crippen molar-refractivity contribution in [3.63, 3.8) is 0 Å². The number of methoxy groups -OCH3 is 1. The van der Waals surface area contributed by atoms with E-state index in [-0.39, 0.29) is 0 Å². The molecular weight excluding hydrogens is 226 g/mol. The minimum absolute atomic E-state index is 0.520. The van der Waals surface area contributed by atoms with Gasteiger partial charge in [-0.05, 0) is 30.5 Å². The molecule has 18 heavy (non-hydrogen) atoms. The van der Waals surface area contributed by atoms with E-state index in [1.54, 1.807) is 7.11 Å². The van der Waals surface area contributed by atoms with Gasteiger partial charge in [-0.15, -0.1) is 12.3 Å². The minimum Gasteiger partial charge on any atom is -0.493 e. The first-order valence-corrected chi connectivity index (χ1v) is 6.30. The summed E-state index contributed by atoms with van der Waals surface area (Å²) >= 11 is 0. The van der Waals surface area contributed by atoms with Crippen molar-refractivity contribution in [3.05, 3.63) is 23.8 Å². The maximum atomic E-state index is 5.64. The Labute approximate surface area is 108 Å². The van der Waals surface area contributed by atoms with E-state index >= 15 is 0 Å². The smallest absolute Gasteiger partial charge is 0.161 e. The first kappa shape index (κ1) is 12.8. The molecule has 0 aromatic heterocycles. The highest BCUT2D eigenvalue weighted by molar-refractivity contribution is 5.43. The van der Waals surface area contributed by atoms with Gasteiger partial charge in [0.15, 0.2) is 11.5 Å². The van der Waals surface area contributed by atoms with Gasteiger partial charge >= 0.3 is 0 Å². The number of rotatable bonds is 7. The number of terminal acetylenes is 1. The van der Waals surface area contributed by atoms with E-state index in [9.17, 15) is 0 Å². The van der Waals surface area contributed by atoms with Gasteiger partial charge in [-0.3, -0.25) is 0 Å². The molecule has 0 heterocycles. The van der Waals surface area contributed by atoms with Crippen LogP contribution in [0.25, 0.3) is 0 Å². The molecule has 1 aliphatic carbocycles. The molecule has 2 rings (SSSR count). The summed E-state index contributed by atoms with van der Waals surface area (Å²) in [6, 6.07) is 6.72. The van der Waals surface area contributed by atoms with Gasteiger partial charge < -0.3 is 14.8 Å². The molecule has 0 unspecified atom stereocenters. The standard InChI is InChI=1S/C15H19NO2/c1-3-4-9-18-15-10-12(5-8-14(15)17-2)11-16-13-6-7-13/h1,5,8,10,13,16H,4,6-7,9,11H2,2H3. The summed E-state index contributed by atoms with van der Waals surface area (Å²) in [7, 11) is 1.64. The number of nitrogens with one attached hydrogen (secondary N) is 1. The summed E-state index contributed by atoms with van der Waals surface area (Å²) < 4.78 is 10.9. The summed E-state index contributed by atoms with van der Waals surface area (Å²) in [6.45, 7) is 1.40. The Bertz CT molecular complexity index is 433. The Morgan fingerprint density at radius 1 is 1.39 bits per heavy atom. The van der Waals surface area contributed by atoms with E-state index < -0.39 is 0 Å². The van der Waals surface area contributed by atoms with Crippen LogP contribution in [0.4, 0.5) is 0 Å². The highest BCUT2D eigenvalue weighted by Crippen LogP contribution is 2.28. The molecule has 3 nitrogen and oxygen atoms in total. The van der Waals surface area contributed by atoms with Crippen LogP contribution in [0.5, 0.6) is 11.5 Å². The van der Waals surface area contributed by atoms with Crippen molar-refractivity contribution in [1.82, 2.24) is 5.32 Å². The van der Waals surface area contributed by atoms with Crippen molar-refractivity contribution in [2.75, 3.05) is 13.7 Å². The fourth-order valence-corrected chi connectivity index (χ4v) is 1.71. The van der Waals surface area contributed by atoms with Gasteiger partial charge in [-0.2, -0.15) is 0 Å². The highest BCUT2D eigenvalue weighted by Gasteiger charge is 2.20. The number of hydrogen-bond donors (Lipinski definition) is 1. The molecule has 0 bridgehead atoms. The van der Waals surface area contributed by atoms with E-state index in [0.29, 0.717) is 19.1 Å². The molecule has 0 radical (unpaired) electrons. The van der Waals surface area contributed by atoms with E-state index in [4.69, 9.17) is 15.9 Å². The van der Waals surface area contributed by atoms with Gasteiger partial charge in [0.1, 0.15) is 0 Å². The maximum Gasteiger partial charge on any atom is 0.161 e. The first-order valence-electron chi connectivity index (χ1n) is 6.30. The van der Waals surface area contributed by atoms with Crippen LogP contribution in [0.15, 0.2) is 18.2 Å². The lowest BCUT2D eigenvalue weighted by Crippen LogP contribution is -2.15. The van der Waals surface area contributed by atoms with Crippen LogP contribution in [-0.4, -0.2) is 19.8 Å². The third-order valence-electron chi connectivity index (χ3n) is 2.90. The topological polar surface area (TPSA) is 30.5 Å². The molecule has 3 heteroatoms. The van der Waals surface area contributed by atoms with Gasteiger partial charge in [-0.1, -0.05) is 6.07 Å².